The molecule has 0 amide bonds. The van der Waals surface area contributed by atoms with Crippen LogP contribution >= 0.6 is 11.6 Å². The van der Waals surface area contributed by atoms with E-state index in [1.54, 1.807) is 6.92 Å². The fraction of sp³-hybridized carbons (Fsp3) is 0.556. The van der Waals surface area contributed by atoms with Gasteiger partial charge in [-0.1, -0.05) is 6.92 Å². The Labute approximate surface area is 78.1 Å². The van der Waals surface area contributed by atoms with Crippen LogP contribution in [0.25, 0.3) is 0 Å². The van der Waals surface area contributed by atoms with Gasteiger partial charge in [-0.3, -0.25) is 0 Å². The van der Waals surface area contributed by atoms with Crippen LogP contribution in [0.3, 0.4) is 0 Å². The highest BCUT2D eigenvalue weighted by Crippen LogP contribution is 2.13. The molecule has 0 rings (SSSR count). The summed E-state index contributed by atoms with van der Waals surface area (Å²) in [7, 11) is 0. The Kier molecular flexibility index (Phi) is 5.81. The van der Waals surface area contributed by atoms with Crippen LogP contribution in [-0.4, -0.2) is 5.88 Å². The summed E-state index contributed by atoms with van der Waals surface area (Å²) in [6.07, 6.45) is 2.60. The van der Waals surface area contributed by atoms with Crippen LogP contribution in [0.5, 0.6) is 0 Å². The van der Waals surface area contributed by atoms with E-state index in [4.69, 9.17) is 17.3 Å². The smallest absolute Gasteiger partial charge is 0.123 e. The second-order valence-electron chi connectivity index (χ2n) is 2.64. The van der Waals surface area contributed by atoms with Crippen molar-refractivity contribution in [3.63, 3.8) is 0 Å². The molecule has 0 aliphatic rings. The molecule has 0 aliphatic carbocycles. The van der Waals surface area contributed by atoms with E-state index in [1.165, 1.54) is 6.08 Å². The first kappa shape index (κ1) is 11.5. The topological polar surface area (TPSA) is 26.0 Å². The van der Waals surface area contributed by atoms with Gasteiger partial charge in [-0.25, -0.2) is 4.39 Å². The maximum atomic E-state index is 13.1. The molecule has 12 heavy (non-hydrogen) atoms. The molecule has 0 aliphatic heterocycles. The largest absolute Gasteiger partial charge is 0.402 e. The van der Waals surface area contributed by atoms with Crippen molar-refractivity contribution in [3.05, 3.63) is 23.2 Å². The van der Waals surface area contributed by atoms with Crippen molar-refractivity contribution in [2.24, 2.45) is 5.73 Å². The molecule has 0 unspecified atom stereocenters. The Balaban J connectivity index is 4.34. The van der Waals surface area contributed by atoms with E-state index in [0.29, 0.717) is 30.0 Å². The first-order valence-electron chi connectivity index (χ1n) is 3.99. The molecule has 0 spiro atoms. The quantitative estimate of drug-likeness (QED) is 0.536. The minimum atomic E-state index is -0.255. The van der Waals surface area contributed by atoms with Gasteiger partial charge in [0.25, 0.3) is 0 Å². The van der Waals surface area contributed by atoms with Crippen molar-refractivity contribution < 1.29 is 4.39 Å². The lowest BCUT2D eigenvalue weighted by atomic mass is 10.2. The van der Waals surface area contributed by atoms with E-state index in [9.17, 15) is 4.39 Å². The number of hydrogen-bond donors (Lipinski definition) is 1. The molecule has 1 nitrogen and oxygen atoms in total. The average molecular weight is 192 g/mol. The molecule has 0 heterocycles. The summed E-state index contributed by atoms with van der Waals surface area (Å²) in [6, 6.07) is 0. The van der Waals surface area contributed by atoms with E-state index in [1.807, 2.05) is 6.92 Å². The molecule has 0 saturated heterocycles. The van der Waals surface area contributed by atoms with Gasteiger partial charge in [0.05, 0.1) is 0 Å². The molecule has 3 heteroatoms. The lowest BCUT2D eigenvalue weighted by Gasteiger charge is -1.99. The van der Waals surface area contributed by atoms with E-state index in [0.717, 1.165) is 0 Å². The molecule has 0 atom stereocenters. The van der Waals surface area contributed by atoms with Gasteiger partial charge >= 0.3 is 0 Å². The highest BCUT2D eigenvalue weighted by Gasteiger charge is 1.98. The zero-order valence-electron chi connectivity index (χ0n) is 7.53. The Hall–Kier alpha value is -0.500. The lowest BCUT2D eigenvalue weighted by molar-refractivity contribution is 0.645. The Morgan fingerprint density at radius 2 is 2.17 bits per heavy atom. The SMILES string of the molecule is CC/C(N)=C\C(F)=C(\C)CCCl. The first-order chi connectivity index (χ1) is 5.61. The normalized spacial score (nSPS) is 14.5. The van der Waals surface area contributed by atoms with Gasteiger partial charge in [0, 0.05) is 11.6 Å². The minimum absolute atomic E-state index is 0.255. The van der Waals surface area contributed by atoms with Crippen LogP contribution in [-0.2, 0) is 0 Å². The maximum Gasteiger partial charge on any atom is 0.123 e. The molecule has 0 aromatic heterocycles. The molecule has 0 aromatic carbocycles. The Morgan fingerprint density at radius 3 is 2.58 bits per heavy atom. The van der Waals surface area contributed by atoms with Gasteiger partial charge in [-0.2, -0.15) is 0 Å². The summed E-state index contributed by atoms with van der Waals surface area (Å²) in [6.45, 7) is 3.60. The predicted molar refractivity (Wildman–Crippen MR) is 51.7 cm³/mol. The third-order valence-electron chi connectivity index (χ3n) is 1.60. The van der Waals surface area contributed by atoms with Crippen molar-refractivity contribution in [2.75, 3.05) is 5.88 Å². The summed E-state index contributed by atoms with van der Waals surface area (Å²) in [5.41, 5.74) is 6.67. The summed E-state index contributed by atoms with van der Waals surface area (Å²) in [4.78, 5) is 0. The van der Waals surface area contributed by atoms with Crippen LogP contribution in [0.4, 0.5) is 4.39 Å². The molecular formula is C9H15ClFN. The van der Waals surface area contributed by atoms with Gasteiger partial charge in [0.15, 0.2) is 0 Å². The molecule has 0 aromatic rings. The minimum Gasteiger partial charge on any atom is -0.402 e. The molecule has 0 bridgehead atoms. The van der Waals surface area contributed by atoms with E-state index in [-0.39, 0.29) is 5.83 Å². The number of alkyl halides is 1. The first-order valence-corrected chi connectivity index (χ1v) is 4.52. The molecular weight excluding hydrogens is 177 g/mol. The fourth-order valence-corrected chi connectivity index (χ4v) is 0.933. The fourth-order valence-electron chi connectivity index (χ4n) is 0.649. The average Bonchev–Trinajstić information content (AvgIpc) is 2.04. The van der Waals surface area contributed by atoms with Crippen molar-refractivity contribution in [3.8, 4) is 0 Å². The summed E-state index contributed by atoms with van der Waals surface area (Å²) >= 11 is 5.46. The highest BCUT2D eigenvalue weighted by atomic mass is 35.5. The zero-order valence-corrected chi connectivity index (χ0v) is 8.29. The van der Waals surface area contributed by atoms with Gasteiger partial charge < -0.3 is 5.73 Å². The van der Waals surface area contributed by atoms with Crippen molar-refractivity contribution in [2.45, 2.75) is 26.7 Å². The molecule has 70 valence electrons. The number of allylic oxidation sites excluding steroid dienone is 4. The number of nitrogens with two attached hydrogens (primary N) is 1. The van der Waals surface area contributed by atoms with Gasteiger partial charge in [-0.05, 0) is 31.4 Å². The van der Waals surface area contributed by atoms with Crippen molar-refractivity contribution >= 4 is 11.6 Å². The number of rotatable bonds is 4. The van der Waals surface area contributed by atoms with Gasteiger partial charge in [0.2, 0.25) is 0 Å². The molecule has 0 saturated carbocycles. The molecule has 0 radical (unpaired) electrons. The second-order valence-corrected chi connectivity index (χ2v) is 3.02. The van der Waals surface area contributed by atoms with E-state index in [2.05, 4.69) is 0 Å². The van der Waals surface area contributed by atoms with E-state index >= 15 is 0 Å². The van der Waals surface area contributed by atoms with Crippen LogP contribution in [0.1, 0.15) is 26.7 Å². The van der Waals surface area contributed by atoms with Crippen molar-refractivity contribution in [1.29, 1.82) is 0 Å². The maximum absolute atomic E-state index is 13.1. The van der Waals surface area contributed by atoms with Crippen LogP contribution in [0.2, 0.25) is 0 Å². The summed E-state index contributed by atoms with van der Waals surface area (Å²) in [5.74, 6) is 0.189. The van der Waals surface area contributed by atoms with E-state index < -0.39 is 0 Å². The summed E-state index contributed by atoms with van der Waals surface area (Å²) < 4.78 is 13.1. The highest BCUT2D eigenvalue weighted by molar-refractivity contribution is 6.17. The van der Waals surface area contributed by atoms with Crippen LogP contribution in [0, 0.1) is 0 Å². The second kappa shape index (κ2) is 6.06. The van der Waals surface area contributed by atoms with Crippen LogP contribution in [0.15, 0.2) is 23.2 Å². The molecule has 0 fully saturated rings. The standard InChI is InChI=1S/C9H15ClFN/c1-3-8(12)6-9(11)7(2)4-5-10/h6H,3-5,12H2,1-2H3/b8-6+,9-7+. The van der Waals surface area contributed by atoms with Gasteiger partial charge in [-0.15, -0.1) is 11.6 Å². The zero-order chi connectivity index (χ0) is 9.56. The Bertz CT molecular complexity index is 197. The lowest BCUT2D eigenvalue weighted by Crippen LogP contribution is -1.95. The molecule has 2 N–H and O–H groups in total. The summed E-state index contributed by atoms with van der Waals surface area (Å²) in [5, 5.41) is 0. The predicted octanol–water partition coefficient (Wildman–Crippen LogP) is 3.11. The third kappa shape index (κ3) is 4.39. The monoisotopic (exact) mass is 191 g/mol. The van der Waals surface area contributed by atoms with Crippen molar-refractivity contribution in [1.82, 2.24) is 0 Å². The van der Waals surface area contributed by atoms with Crippen LogP contribution < -0.4 is 5.73 Å². The third-order valence-corrected chi connectivity index (χ3v) is 1.79. The number of halogens is 2. The Morgan fingerprint density at radius 1 is 1.58 bits per heavy atom. The number of hydrogen-bond acceptors (Lipinski definition) is 1. The van der Waals surface area contributed by atoms with Gasteiger partial charge in [0.1, 0.15) is 5.83 Å².